The van der Waals surface area contributed by atoms with Crippen LogP contribution in [0.4, 0.5) is 0 Å². The largest absolute Gasteiger partial charge is 2.00 e. The Bertz CT molecular complexity index is 9.61. The van der Waals surface area contributed by atoms with Gasteiger partial charge in [-0.15, -0.1) is 0 Å². The number of hydrogen-bond acceptors (Lipinski definition) is 2. The summed E-state index contributed by atoms with van der Waals surface area (Å²) in [4.78, 5) is 15.5. The fourth-order valence-corrected chi connectivity index (χ4v) is 0. The summed E-state index contributed by atoms with van der Waals surface area (Å²) in [5.41, 5.74) is 0. The predicted octanol–water partition coefficient (Wildman–Crippen LogP) is -0.551. The zero-order valence-corrected chi connectivity index (χ0v) is 4.87. The first-order valence-corrected chi connectivity index (χ1v) is 0.471. The maximum atomic E-state index is 7.75. The fraction of sp³-hybridized carbons (Fsp3) is 0. The molecule has 0 aromatic rings. The number of carbonyl (C=O) groups excluding carboxylic acids is 2. The molecule has 30 valence electrons. The second kappa shape index (κ2) is 63100. The van der Waals surface area contributed by atoms with Crippen LogP contribution in [0.5, 0.6) is 0 Å². The molecule has 0 aromatic heterocycles. The molecule has 0 heterocycles. The van der Waals surface area contributed by atoms with Crippen molar-refractivity contribution in [3.63, 3.8) is 0 Å². The minimum Gasteiger partial charge on any atom is -0.545 e. The minimum atomic E-state index is 0. The van der Waals surface area contributed by atoms with Crippen LogP contribution in [-0.4, -0.2) is 13.6 Å². The Morgan fingerprint density at radius 1 is 0.800 bits per heavy atom. The van der Waals surface area contributed by atoms with Gasteiger partial charge in [-0.05, 0) is 0 Å². The number of hydrogen-bond donors (Lipinski definition) is 0. The van der Waals surface area contributed by atoms with Crippen molar-refractivity contribution in [3.8, 4) is 0 Å². The summed E-state index contributed by atoms with van der Waals surface area (Å²) < 4.78 is 0. The Morgan fingerprint density at radius 2 is 0.800 bits per heavy atom. The minimum absolute atomic E-state index is 0. The van der Waals surface area contributed by atoms with Crippen LogP contribution in [0.15, 0.2) is 0 Å². The summed E-state index contributed by atoms with van der Waals surface area (Å²) in [7, 11) is 0. The Kier molecular flexibility index (Phi) is 254000. The molecule has 0 aliphatic heterocycles. The van der Waals surface area contributed by atoms with E-state index < -0.39 is 0 Å². The molecular formula is C2H2O2Os. The predicted molar refractivity (Wildman–Crippen MR) is 13.5 cm³/mol. The van der Waals surface area contributed by atoms with E-state index in [1.807, 2.05) is 0 Å². The van der Waals surface area contributed by atoms with Gasteiger partial charge in [0.25, 0.3) is 0 Å². The van der Waals surface area contributed by atoms with Crippen LogP contribution in [0, 0.1) is 0 Å². The van der Waals surface area contributed by atoms with Gasteiger partial charge < -0.3 is 9.59 Å². The van der Waals surface area contributed by atoms with E-state index in [0.717, 1.165) is 0 Å². The Labute approximate surface area is 43.6 Å². The maximum absolute atomic E-state index is 7.75. The van der Waals surface area contributed by atoms with Crippen molar-refractivity contribution < 1.29 is 29.4 Å². The molecular weight excluding hydrogens is 246 g/mol. The normalized spacial score (nSPS) is 1.60. The summed E-state index contributed by atoms with van der Waals surface area (Å²) >= 11 is 0. The molecule has 0 aromatic carbocycles. The summed E-state index contributed by atoms with van der Waals surface area (Å²) in [5.74, 6) is 0. The molecule has 0 aliphatic carbocycles. The molecule has 0 fully saturated rings. The smallest absolute Gasteiger partial charge is 0.545 e. The topological polar surface area (TPSA) is 34.1 Å². The van der Waals surface area contributed by atoms with Gasteiger partial charge >= 0.3 is 19.8 Å². The summed E-state index contributed by atoms with van der Waals surface area (Å²) in [6.07, 6.45) is 0. The van der Waals surface area contributed by atoms with Gasteiger partial charge in [0.05, 0.1) is 0 Å². The van der Waals surface area contributed by atoms with Gasteiger partial charge in [-0.1, -0.05) is 0 Å². The van der Waals surface area contributed by atoms with Crippen molar-refractivity contribution in [1.29, 1.82) is 0 Å². The van der Waals surface area contributed by atoms with Crippen molar-refractivity contribution in [2.24, 2.45) is 0 Å². The van der Waals surface area contributed by atoms with Crippen molar-refractivity contribution in [1.82, 2.24) is 0 Å². The third kappa shape index (κ3) is 27800. The molecule has 5 heavy (non-hydrogen) atoms. The van der Waals surface area contributed by atoms with Gasteiger partial charge in [0.15, 0.2) is 0 Å². The van der Waals surface area contributed by atoms with Crippen molar-refractivity contribution in [2.45, 2.75) is 0 Å². The van der Waals surface area contributed by atoms with Gasteiger partial charge in [-0.3, -0.25) is 13.6 Å². The van der Waals surface area contributed by atoms with Crippen LogP contribution in [-0.2, 0) is 29.4 Å². The fourth-order valence-electron chi connectivity index (χ4n) is 0. The molecule has 0 bridgehead atoms. The van der Waals surface area contributed by atoms with Crippen molar-refractivity contribution in [2.75, 3.05) is 0 Å². The molecule has 0 atom stereocenters. The third-order valence-electron chi connectivity index (χ3n) is 0. The number of rotatable bonds is 0. The van der Waals surface area contributed by atoms with E-state index in [9.17, 15) is 0 Å². The van der Waals surface area contributed by atoms with Gasteiger partial charge in [0.1, 0.15) is 0 Å². The zero-order valence-electron chi connectivity index (χ0n) is 2.32. The van der Waals surface area contributed by atoms with E-state index in [-0.39, 0.29) is 19.8 Å². The van der Waals surface area contributed by atoms with Gasteiger partial charge in [-0.25, -0.2) is 0 Å². The SMILES string of the molecule is [CH-]=O.[CH-]=O.[Os+2]. The standard InChI is InChI=1S/2CHO.Os/c2*1-2;/h2*1H;/q2*-1;+2. The molecule has 2 nitrogen and oxygen atoms in total. The molecule has 0 rings (SSSR count). The average Bonchev–Trinajstić information content (AvgIpc) is 1.50. The monoisotopic (exact) mass is 250 g/mol. The second-order valence-electron chi connectivity index (χ2n) is 0. The van der Waals surface area contributed by atoms with Crippen molar-refractivity contribution in [3.05, 3.63) is 0 Å². The summed E-state index contributed by atoms with van der Waals surface area (Å²) in [6, 6.07) is 0. The quantitative estimate of drug-likeness (QED) is 0.426. The molecule has 0 saturated heterocycles. The summed E-state index contributed by atoms with van der Waals surface area (Å²) in [6.45, 7) is 6.50. The zero-order chi connectivity index (χ0) is 4.00. The first kappa shape index (κ1) is 20.1. The molecule has 0 radical (unpaired) electrons. The van der Waals surface area contributed by atoms with Crippen LogP contribution >= 0.6 is 0 Å². The molecule has 0 amide bonds. The summed E-state index contributed by atoms with van der Waals surface area (Å²) in [5, 5.41) is 0. The van der Waals surface area contributed by atoms with Crippen LogP contribution in [0.1, 0.15) is 0 Å². The van der Waals surface area contributed by atoms with Crippen molar-refractivity contribution >= 4 is 13.6 Å². The van der Waals surface area contributed by atoms with E-state index in [4.69, 9.17) is 9.59 Å². The molecule has 0 saturated carbocycles. The van der Waals surface area contributed by atoms with Crippen LogP contribution in [0.25, 0.3) is 0 Å². The third-order valence-corrected chi connectivity index (χ3v) is 0. The van der Waals surface area contributed by atoms with Gasteiger partial charge in [0, 0.05) is 0 Å². The molecule has 0 aliphatic rings. The Balaban J connectivity index is -0.0000000133. The van der Waals surface area contributed by atoms with E-state index in [2.05, 4.69) is 13.6 Å². The van der Waals surface area contributed by atoms with Crippen LogP contribution in [0.3, 0.4) is 0 Å². The van der Waals surface area contributed by atoms with E-state index in [1.54, 1.807) is 0 Å². The van der Waals surface area contributed by atoms with Crippen LogP contribution in [0.2, 0.25) is 0 Å². The van der Waals surface area contributed by atoms with Gasteiger partial charge in [-0.2, -0.15) is 0 Å². The van der Waals surface area contributed by atoms with E-state index in [1.165, 1.54) is 0 Å². The maximum Gasteiger partial charge on any atom is 2.00 e. The molecule has 3 heteroatoms. The Hall–Kier alpha value is -0.0236. The molecule has 0 spiro atoms. The molecule has 0 unspecified atom stereocenters. The Morgan fingerprint density at radius 3 is 0.800 bits per heavy atom. The first-order valence-electron chi connectivity index (χ1n) is 0.471. The molecule has 0 N–H and O–H groups in total. The van der Waals surface area contributed by atoms with E-state index >= 15 is 0 Å². The van der Waals surface area contributed by atoms with E-state index in [0.29, 0.717) is 0 Å². The van der Waals surface area contributed by atoms with Gasteiger partial charge in [0.2, 0.25) is 0 Å². The first-order chi connectivity index (χ1) is 2.00. The second-order valence-corrected chi connectivity index (χ2v) is 0. The average molecular weight is 248 g/mol. The van der Waals surface area contributed by atoms with Crippen LogP contribution < -0.4 is 0 Å².